The molecule has 2 fully saturated rings. The molecule has 2 aromatic rings. The monoisotopic (exact) mass is 351 g/mol. The zero-order chi connectivity index (χ0) is 15.7. The van der Waals surface area contributed by atoms with E-state index in [1.54, 1.807) is 0 Å². The van der Waals surface area contributed by atoms with Gasteiger partial charge in [0.1, 0.15) is 0 Å². The van der Waals surface area contributed by atoms with Crippen molar-refractivity contribution in [2.75, 3.05) is 26.3 Å². The molecule has 0 amide bonds. The van der Waals surface area contributed by atoms with E-state index in [2.05, 4.69) is 15.1 Å². The molecule has 0 N–H and O–H groups in total. The molecule has 4 rings (SSSR count). The molecule has 0 radical (unpaired) electrons. The van der Waals surface area contributed by atoms with E-state index in [1.165, 1.54) is 0 Å². The summed E-state index contributed by atoms with van der Waals surface area (Å²) in [6.07, 6.45) is 1.79. The number of halogens is 1. The summed E-state index contributed by atoms with van der Waals surface area (Å²) >= 11 is 0. The lowest BCUT2D eigenvalue weighted by Gasteiger charge is -2.36. The lowest BCUT2D eigenvalue weighted by molar-refractivity contribution is -0.186. The van der Waals surface area contributed by atoms with Crippen molar-refractivity contribution >= 4 is 12.4 Å². The van der Waals surface area contributed by atoms with Gasteiger partial charge in [0.25, 0.3) is 0 Å². The summed E-state index contributed by atoms with van der Waals surface area (Å²) in [4.78, 5) is 2.31. The Hall–Kier alpha value is -1.47. The average molecular weight is 352 g/mol. The van der Waals surface area contributed by atoms with Gasteiger partial charge in [0.15, 0.2) is 5.79 Å². The molecule has 1 aromatic heterocycles. The van der Waals surface area contributed by atoms with Crippen LogP contribution >= 0.6 is 12.4 Å². The van der Waals surface area contributed by atoms with Crippen molar-refractivity contribution in [2.24, 2.45) is 0 Å². The van der Waals surface area contributed by atoms with Gasteiger partial charge in [-0.15, -0.1) is 22.6 Å². The maximum Gasteiger partial charge on any atom is 0.248 e. The first-order chi connectivity index (χ1) is 11.2. The van der Waals surface area contributed by atoms with Gasteiger partial charge >= 0.3 is 0 Å². The largest absolute Gasteiger partial charge is 0.419 e. The zero-order valence-electron chi connectivity index (χ0n) is 13.7. The first-order valence-electron chi connectivity index (χ1n) is 8.13. The summed E-state index contributed by atoms with van der Waals surface area (Å²) < 4.78 is 17.4. The highest BCUT2D eigenvalue weighted by Gasteiger charge is 2.39. The molecular formula is C17H22ClN3O3. The highest BCUT2D eigenvalue weighted by molar-refractivity contribution is 5.85. The van der Waals surface area contributed by atoms with Crippen LogP contribution in [0.3, 0.4) is 0 Å². The number of ether oxygens (including phenoxy) is 2. The van der Waals surface area contributed by atoms with E-state index in [0.717, 1.165) is 37.1 Å². The molecule has 2 aliphatic rings. The first-order valence-corrected chi connectivity index (χ1v) is 8.13. The van der Waals surface area contributed by atoms with E-state index in [-0.39, 0.29) is 18.2 Å². The Labute approximate surface area is 147 Å². The number of aromatic nitrogens is 2. The summed E-state index contributed by atoms with van der Waals surface area (Å²) in [7, 11) is 0. The molecule has 1 aromatic carbocycles. The second-order valence-corrected chi connectivity index (χ2v) is 6.20. The fourth-order valence-corrected chi connectivity index (χ4v) is 3.27. The standard InChI is InChI=1S/C17H21N3O3.ClH/c1-13-4-2-3-5-14(13)16-19-18-15(23-16)12-20-8-6-17(7-9-20)21-10-11-22-17;/h2-5H,6-12H2,1H3;1H. The number of rotatable bonds is 3. The van der Waals surface area contributed by atoms with Crippen molar-refractivity contribution in [3.63, 3.8) is 0 Å². The van der Waals surface area contributed by atoms with Crippen LogP contribution in [0.25, 0.3) is 11.5 Å². The molecule has 130 valence electrons. The van der Waals surface area contributed by atoms with Crippen molar-refractivity contribution in [3.05, 3.63) is 35.7 Å². The van der Waals surface area contributed by atoms with Gasteiger partial charge < -0.3 is 13.9 Å². The number of likely N-dealkylation sites (tertiary alicyclic amines) is 1. The van der Waals surface area contributed by atoms with Gasteiger partial charge in [0, 0.05) is 31.5 Å². The Morgan fingerprint density at radius 1 is 1.08 bits per heavy atom. The molecule has 24 heavy (non-hydrogen) atoms. The van der Waals surface area contributed by atoms with Crippen molar-refractivity contribution in [1.82, 2.24) is 15.1 Å². The van der Waals surface area contributed by atoms with Crippen LogP contribution in [0, 0.1) is 6.92 Å². The first kappa shape index (κ1) is 17.4. The SMILES string of the molecule is Cc1ccccc1-c1nnc(CN2CCC3(CC2)OCCO3)o1.Cl. The molecule has 2 saturated heterocycles. The molecule has 0 atom stereocenters. The predicted molar refractivity (Wildman–Crippen MR) is 90.9 cm³/mol. The van der Waals surface area contributed by atoms with E-state index in [4.69, 9.17) is 13.9 Å². The maximum atomic E-state index is 5.84. The fourth-order valence-electron chi connectivity index (χ4n) is 3.27. The summed E-state index contributed by atoms with van der Waals surface area (Å²) in [5.74, 6) is 0.916. The minimum Gasteiger partial charge on any atom is -0.419 e. The molecule has 2 aliphatic heterocycles. The van der Waals surface area contributed by atoms with Crippen LogP contribution in [0.1, 0.15) is 24.3 Å². The predicted octanol–water partition coefficient (Wildman–Crippen LogP) is 2.81. The molecule has 1 spiro atoms. The van der Waals surface area contributed by atoms with Gasteiger partial charge in [0.05, 0.1) is 19.8 Å². The quantitative estimate of drug-likeness (QED) is 0.847. The van der Waals surface area contributed by atoms with Crippen molar-refractivity contribution in [1.29, 1.82) is 0 Å². The minimum atomic E-state index is -0.336. The topological polar surface area (TPSA) is 60.6 Å². The van der Waals surface area contributed by atoms with E-state index < -0.39 is 0 Å². The highest BCUT2D eigenvalue weighted by atomic mass is 35.5. The Kier molecular flexibility index (Phi) is 5.20. The Morgan fingerprint density at radius 2 is 1.79 bits per heavy atom. The van der Waals surface area contributed by atoms with Gasteiger partial charge in [-0.3, -0.25) is 4.90 Å². The van der Waals surface area contributed by atoms with E-state index in [1.807, 2.05) is 31.2 Å². The molecule has 0 aliphatic carbocycles. The third kappa shape index (κ3) is 3.47. The normalized spacial score (nSPS) is 20.2. The molecule has 6 nitrogen and oxygen atoms in total. The van der Waals surface area contributed by atoms with Crippen molar-refractivity contribution in [3.8, 4) is 11.5 Å². The third-order valence-electron chi connectivity index (χ3n) is 4.63. The molecule has 7 heteroatoms. The molecule has 0 bridgehead atoms. The number of nitrogens with zero attached hydrogens (tertiary/aromatic N) is 3. The lowest BCUT2D eigenvalue weighted by Crippen LogP contribution is -2.44. The van der Waals surface area contributed by atoms with Crippen molar-refractivity contribution in [2.45, 2.75) is 32.1 Å². The number of benzene rings is 1. The van der Waals surface area contributed by atoms with Crippen LogP contribution in [0.5, 0.6) is 0 Å². The summed E-state index contributed by atoms with van der Waals surface area (Å²) in [5.41, 5.74) is 2.13. The van der Waals surface area contributed by atoms with Crippen LogP contribution in [-0.4, -0.2) is 47.2 Å². The van der Waals surface area contributed by atoms with Gasteiger partial charge in [0.2, 0.25) is 11.8 Å². The lowest BCUT2D eigenvalue weighted by atomic mass is 10.0. The van der Waals surface area contributed by atoms with E-state index in [0.29, 0.717) is 31.5 Å². The molecule has 0 unspecified atom stereocenters. The number of aryl methyl sites for hydroxylation is 1. The number of piperidine rings is 1. The van der Waals surface area contributed by atoms with E-state index >= 15 is 0 Å². The van der Waals surface area contributed by atoms with Crippen molar-refractivity contribution < 1.29 is 13.9 Å². The van der Waals surface area contributed by atoms with Gasteiger partial charge in [-0.1, -0.05) is 18.2 Å². The number of hydrogen-bond donors (Lipinski definition) is 0. The molecule has 3 heterocycles. The number of hydrogen-bond acceptors (Lipinski definition) is 6. The van der Waals surface area contributed by atoms with Gasteiger partial charge in [-0.2, -0.15) is 0 Å². The second-order valence-electron chi connectivity index (χ2n) is 6.20. The Morgan fingerprint density at radius 3 is 2.50 bits per heavy atom. The summed E-state index contributed by atoms with van der Waals surface area (Å²) in [6, 6.07) is 8.04. The Balaban J connectivity index is 0.00000169. The van der Waals surface area contributed by atoms with Crippen LogP contribution in [0.15, 0.2) is 28.7 Å². The van der Waals surface area contributed by atoms with E-state index in [9.17, 15) is 0 Å². The van der Waals surface area contributed by atoms with Crippen LogP contribution in [0.2, 0.25) is 0 Å². The Bertz CT molecular complexity index is 675. The third-order valence-corrected chi connectivity index (χ3v) is 4.63. The fraction of sp³-hybridized carbons (Fsp3) is 0.529. The minimum absolute atomic E-state index is 0. The van der Waals surface area contributed by atoms with Crippen LogP contribution in [-0.2, 0) is 16.0 Å². The summed E-state index contributed by atoms with van der Waals surface area (Å²) in [5, 5.41) is 8.39. The summed E-state index contributed by atoms with van der Waals surface area (Å²) in [6.45, 7) is 5.98. The highest BCUT2D eigenvalue weighted by Crippen LogP contribution is 2.31. The molecule has 0 saturated carbocycles. The van der Waals surface area contributed by atoms with Crippen LogP contribution in [0.4, 0.5) is 0 Å². The van der Waals surface area contributed by atoms with Gasteiger partial charge in [-0.25, -0.2) is 0 Å². The zero-order valence-corrected chi connectivity index (χ0v) is 14.6. The maximum absolute atomic E-state index is 5.84. The van der Waals surface area contributed by atoms with Gasteiger partial charge in [-0.05, 0) is 18.6 Å². The average Bonchev–Trinajstić information content (AvgIpc) is 3.20. The van der Waals surface area contributed by atoms with Crippen LogP contribution < -0.4 is 0 Å². The second kappa shape index (κ2) is 7.19. The smallest absolute Gasteiger partial charge is 0.248 e. The molecular weight excluding hydrogens is 330 g/mol.